The second kappa shape index (κ2) is 4.55. The molecule has 2 aromatic carbocycles. The van der Waals surface area contributed by atoms with Crippen molar-refractivity contribution in [2.45, 2.75) is 6.54 Å². The molecule has 0 unspecified atom stereocenters. The van der Waals surface area contributed by atoms with E-state index in [1.807, 2.05) is 42.5 Å². The van der Waals surface area contributed by atoms with E-state index in [9.17, 15) is 0 Å². The Kier molecular flexibility index (Phi) is 2.89. The second-order valence-corrected chi connectivity index (χ2v) is 5.07. The van der Waals surface area contributed by atoms with Gasteiger partial charge in [-0.05, 0) is 29.8 Å². The first kappa shape index (κ1) is 11.4. The van der Waals surface area contributed by atoms with Crippen LogP contribution in [0.1, 0.15) is 5.56 Å². The molecule has 3 nitrogen and oxygen atoms in total. The number of nitrogens with zero attached hydrogens (tertiary/aromatic N) is 1. The molecule has 0 aliphatic carbocycles. The Hall–Kier alpha value is -1.65. The quantitative estimate of drug-likeness (QED) is 0.762. The van der Waals surface area contributed by atoms with Crippen LogP contribution in [0.3, 0.4) is 0 Å². The number of imidazole rings is 1. The first-order valence-electron chi connectivity index (χ1n) is 5.71. The molecular formula is C14H12BrN3. The summed E-state index contributed by atoms with van der Waals surface area (Å²) in [4.78, 5) is 7.91. The maximum Gasteiger partial charge on any atom is 0.138 e. The number of H-pyrrole nitrogens is 1. The van der Waals surface area contributed by atoms with Crippen molar-refractivity contribution in [3.63, 3.8) is 0 Å². The van der Waals surface area contributed by atoms with Crippen molar-refractivity contribution in [1.29, 1.82) is 0 Å². The summed E-state index contributed by atoms with van der Waals surface area (Å²) in [6, 6.07) is 14.1. The lowest BCUT2D eigenvalue weighted by Gasteiger charge is -1.96. The second-order valence-electron chi connectivity index (χ2n) is 4.15. The average molecular weight is 302 g/mol. The van der Waals surface area contributed by atoms with E-state index >= 15 is 0 Å². The zero-order valence-corrected chi connectivity index (χ0v) is 11.2. The highest BCUT2D eigenvalue weighted by Gasteiger charge is 2.05. The zero-order valence-electron chi connectivity index (χ0n) is 9.65. The Morgan fingerprint density at radius 2 is 2.06 bits per heavy atom. The third-order valence-electron chi connectivity index (χ3n) is 2.88. The minimum absolute atomic E-state index is 0.543. The molecular weight excluding hydrogens is 290 g/mol. The molecule has 0 aliphatic rings. The third kappa shape index (κ3) is 2.05. The van der Waals surface area contributed by atoms with E-state index in [1.165, 1.54) is 0 Å². The van der Waals surface area contributed by atoms with Crippen LogP contribution in [0, 0.1) is 0 Å². The molecule has 0 bridgehead atoms. The Bertz CT molecular complexity index is 703. The predicted molar refractivity (Wildman–Crippen MR) is 77.1 cm³/mol. The highest BCUT2D eigenvalue weighted by atomic mass is 79.9. The first-order valence-corrected chi connectivity index (χ1v) is 6.50. The van der Waals surface area contributed by atoms with Crippen molar-refractivity contribution in [3.8, 4) is 11.4 Å². The summed E-state index contributed by atoms with van der Waals surface area (Å²) in [5.74, 6) is 0.875. The minimum Gasteiger partial charge on any atom is -0.338 e. The van der Waals surface area contributed by atoms with Crippen LogP contribution in [-0.4, -0.2) is 9.97 Å². The molecule has 0 amide bonds. The monoisotopic (exact) mass is 301 g/mol. The smallest absolute Gasteiger partial charge is 0.138 e. The van der Waals surface area contributed by atoms with Crippen molar-refractivity contribution in [2.75, 3.05) is 0 Å². The number of halogens is 1. The normalized spacial score (nSPS) is 11.0. The molecule has 4 heteroatoms. The number of hydrogen-bond donors (Lipinski definition) is 2. The number of benzene rings is 2. The van der Waals surface area contributed by atoms with E-state index in [1.54, 1.807) is 0 Å². The maximum atomic E-state index is 5.64. The molecule has 18 heavy (non-hydrogen) atoms. The van der Waals surface area contributed by atoms with Gasteiger partial charge in [0, 0.05) is 16.6 Å². The van der Waals surface area contributed by atoms with Gasteiger partial charge in [-0.25, -0.2) is 4.98 Å². The van der Waals surface area contributed by atoms with E-state index in [2.05, 4.69) is 25.9 Å². The molecule has 0 saturated heterocycles. The van der Waals surface area contributed by atoms with E-state index in [0.717, 1.165) is 32.5 Å². The number of aromatic amines is 1. The van der Waals surface area contributed by atoms with Crippen LogP contribution in [0.2, 0.25) is 0 Å². The van der Waals surface area contributed by atoms with Crippen LogP contribution in [0.25, 0.3) is 22.4 Å². The Balaban J connectivity index is 2.13. The first-order chi connectivity index (χ1) is 8.76. The van der Waals surface area contributed by atoms with E-state index in [-0.39, 0.29) is 0 Å². The van der Waals surface area contributed by atoms with Crippen molar-refractivity contribution in [1.82, 2.24) is 9.97 Å². The fourth-order valence-corrected chi connectivity index (χ4v) is 2.36. The van der Waals surface area contributed by atoms with Gasteiger partial charge in [-0.2, -0.15) is 0 Å². The van der Waals surface area contributed by atoms with Gasteiger partial charge in [0.15, 0.2) is 0 Å². The highest BCUT2D eigenvalue weighted by Crippen LogP contribution is 2.23. The van der Waals surface area contributed by atoms with E-state index in [0.29, 0.717) is 6.54 Å². The van der Waals surface area contributed by atoms with Crippen LogP contribution in [0.4, 0.5) is 0 Å². The van der Waals surface area contributed by atoms with Crippen molar-refractivity contribution >= 4 is 27.0 Å². The van der Waals surface area contributed by atoms with Crippen molar-refractivity contribution in [2.24, 2.45) is 5.73 Å². The number of nitrogens with two attached hydrogens (primary N) is 1. The Labute approximate surface area is 113 Å². The van der Waals surface area contributed by atoms with Crippen LogP contribution in [-0.2, 0) is 6.54 Å². The van der Waals surface area contributed by atoms with Gasteiger partial charge in [0.05, 0.1) is 11.0 Å². The lowest BCUT2D eigenvalue weighted by atomic mass is 10.2. The van der Waals surface area contributed by atoms with Gasteiger partial charge in [0.2, 0.25) is 0 Å². The standard InChI is InChI=1S/C14H12BrN3/c15-11-3-1-2-10(7-11)14-17-12-5-4-9(8-16)6-13(12)18-14/h1-7H,8,16H2,(H,17,18). The minimum atomic E-state index is 0.543. The molecule has 0 fully saturated rings. The van der Waals surface area contributed by atoms with Gasteiger partial charge < -0.3 is 10.7 Å². The molecule has 0 atom stereocenters. The molecule has 1 aromatic heterocycles. The molecule has 0 spiro atoms. The summed E-state index contributed by atoms with van der Waals surface area (Å²) < 4.78 is 1.04. The summed E-state index contributed by atoms with van der Waals surface area (Å²) in [6.07, 6.45) is 0. The van der Waals surface area contributed by atoms with Crippen molar-refractivity contribution < 1.29 is 0 Å². The Morgan fingerprint density at radius 3 is 2.83 bits per heavy atom. The van der Waals surface area contributed by atoms with Crippen LogP contribution in [0.15, 0.2) is 46.9 Å². The van der Waals surface area contributed by atoms with Gasteiger partial charge in [-0.15, -0.1) is 0 Å². The number of rotatable bonds is 2. The number of fused-ring (bicyclic) bond motifs is 1. The number of hydrogen-bond acceptors (Lipinski definition) is 2. The molecule has 0 aliphatic heterocycles. The average Bonchev–Trinajstić information content (AvgIpc) is 2.81. The molecule has 1 heterocycles. The largest absolute Gasteiger partial charge is 0.338 e. The lowest BCUT2D eigenvalue weighted by molar-refractivity contribution is 1.07. The zero-order chi connectivity index (χ0) is 12.5. The summed E-state index contributed by atoms with van der Waals surface area (Å²) in [5, 5.41) is 0. The fraction of sp³-hybridized carbons (Fsp3) is 0.0714. The van der Waals surface area contributed by atoms with Crippen LogP contribution in [0.5, 0.6) is 0 Å². The summed E-state index contributed by atoms with van der Waals surface area (Å²) in [5.41, 5.74) is 9.79. The Morgan fingerprint density at radius 1 is 1.17 bits per heavy atom. The summed E-state index contributed by atoms with van der Waals surface area (Å²) in [7, 11) is 0. The molecule has 3 N–H and O–H groups in total. The number of nitrogens with one attached hydrogen (secondary N) is 1. The lowest BCUT2D eigenvalue weighted by Crippen LogP contribution is -1.95. The summed E-state index contributed by atoms with van der Waals surface area (Å²) in [6.45, 7) is 0.543. The molecule has 3 aromatic rings. The van der Waals surface area contributed by atoms with Gasteiger partial charge >= 0.3 is 0 Å². The van der Waals surface area contributed by atoms with Crippen LogP contribution < -0.4 is 5.73 Å². The number of aromatic nitrogens is 2. The van der Waals surface area contributed by atoms with E-state index in [4.69, 9.17) is 5.73 Å². The summed E-state index contributed by atoms with van der Waals surface area (Å²) >= 11 is 3.47. The molecule has 3 rings (SSSR count). The fourth-order valence-electron chi connectivity index (χ4n) is 1.96. The molecule has 90 valence electrons. The van der Waals surface area contributed by atoms with Gasteiger partial charge in [-0.1, -0.05) is 34.1 Å². The third-order valence-corrected chi connectivity index (χ3v) is 3.37. The topological polar surface area (TPSA) is 54.7 Å². The maximum absolute atomic E-state index is 5.64. The molecule has 0 saturated carbocycles. The highest BCUT2D eigenvalue weighted by molar-refractivity contribution is 9.10. The van der Waals surface area contributed by atoms with Crippen molar-refractivity contribution in [3.05, 3.63) is 52.5 Å². The van der Waals surface area contributed by atoms with E-state index < -0.39 is 0 Å². The van der Waals surface area contributed by atoms with Gasteiger partial charge in [-0.3, -0.25) is 0 Å². The van der Waals surface area contributed by atoms with Gasteiger partial charge in [0.25, 0.3) is 0 Å². The molecule has 0 radical (unpaired) electrons. The van der Waals surface area contributed by atoms with Gasteiger partial charge in [0.1, 0.15) is 5.82 Å². The SMILES string of the molecule is NCc1ccc2nc(-c3cccc(Br)c3)[nH]c2c1. The van der Waals surface area contributed by atoms with Crippen LogP contribution >= 0.6 is 15.9 Å². The predicted octanol–water partition coefficient (Wildman–Crippen LogP) is 3.45.